The van der Waals surface area contributed by atoms with Gasteiger partial charge in [0.25, 0.3) is 0 Å². The van der Waals surface area contributed by atoms with Crippen LogP contribution in [0.4, 0.5) is 0 Å². The molecule has 1 aliphatic heterocycles. The van der Waals surface area contributed by atoms with Crippen molar-refractivity contribution in [2.75, 3.05) is 0 Å². The normalized spacial score (nSPS) is 39.6. The molecule has 2 aliphatic rings. The van der Waals surface area contributed by atoms with Gasteiger partial charge in [-0.2, -0.15) is 0 Å². The Hall–Kier alpha value is -1.10. The number of carboxylic acids is 1. The second kappa shape index (κ2) is 3.22. The predicted octanol–water partition coefficient (Wildman–Crippen LogP) is 0.923. The molecule has 3 atom stereocenters. The SMILES string of the molecule is CC(C)(C)OC(=O)C12CC1(C)CC(C(=O)O)N2. The molecule has 5 heteroatoms. The number of esters is 1. The van der Waals surface area contributed by atoms with Crippen LogP contribution in [-0.4, -0.2) is 34.2 Å². The second-order valence-electron chi connectivity index (χ2n) is 6.38. The van der Waals surface area contributed by atoms with E-state index in [4.69, 9.17) is 9.84 Å². The summed E-state index contributed by atoms with van der Waals surface area (Å²) in [5, 5.41) is 11.9. The molecular weight excluding hydrogens is 222 g/mol. The molecule has 0 spiro atoms. The highest BCUT2D eigenvalue weighted by Crippen LogP contribution is 2.63. The number of fused-ring (bicyclic) bond motifs is 1. The van der Waals surface area contributed by atoms with Crippen LogP contribution >= 0.6 is 0 Å². The number of aliphatic carboxylic acids is 1. The highest BCUT2D eigenvalue weighted by atomic mass is 16.6. The third-order valence-electron chi connectivity index (χ3n) is 3.68. The van der Waals surface area contributed by atoms with Crippen molar-refractivity contribution in [3.8, 4) is 0 Å². The van der Waals surface area contributed by atoms with E-state index in [2.05, 4.69) is 5.32 Å². The second-order valence-corrected chi connectivity index (χ2v) is 6.38. The van der Waals surface area contributed by atoms with Gasteiger partial charge in [0.15, 0.2) is 0 Å². The third-order valence-corrected chi connectivity index (χ3v) is 3.68. The lowest BCUT2D eigenvalue weighted by atomic mass is 9.99. The first kappa shape index (κ1) is 12.4. The predicted molar refractivity (Wildman–Crippen MR) is 60.5 cm³/mol. The van der Waals surface area contributed by atoms with Crippen LogP contribution in [0.2, 0.25) is 0 Å². The van der Waals surface area contributed by atoms with Gasteiger partial charge in [-0.05, 0) is 33.6 Å². The molecule has 1 saturated carbocycles. The van der Waals surface area contributed by atoms with E-state index >= 15 is 0 Å². The van der Waals surface area contributed by atoms with Crippen LogP contribution in [-0.2, 0) is 14.3 Å². The van der Waals surface area contributed by atoms with E-state index in [1.807, 2.05) is 27.7 Å². The summed E-state index contributed by atoms with van der Waals surface area (Å²) >= 11 is 0. The van der Waals surface area contributed by atoms with Gasteiger partial charge < -0.3 is 9.84 Å². The molecule has 2 rings (SSSR count). The van der Waals surface area contributed by atoms with Crippen molar-refractivity contribution in [2.24, 2.45) is 5.41 Å². The number of carboxylic acid groups (broad SMARTS) is 1. The zero-order valence-electron chi connectivity index (χ0n) is 10.7. The maximum Gasteiger partial charge on any atom is 0.327 e. The van der Waals surface area contributed by atoms with Crippen molar-refractivity contribution in [2.45, 2.75) is 57.7 Å². The van der Waals surface area contributed by atoms with Crippen molar-refractivity contribution in [1.82, 2.24) is 5.32 Å². The van der Waals surface area contributed by atoms with Gasteiger partial charge in [-0.1, -0.05) is 6.92 Å². The van der Waals surface area contributed by atoms with Gasteiger partial charge in [-0.3, -0.25) is 14.9 Å². The minimum atomic E-state index is -0.902. The number of carbonyl (C=O) groups excluding carboxylic acids is 1. The Morgan fingerprint density at radius 3 is 2.41 bits per heavy atom. The molecule has 0 aromatic rings. The summed E-state index contributed by atoms with van der Waals surface area (Å²) in [6.07, 6.45) is 1.15. The molecule has 1 saturated heterocycles. The molecule has 0 aromatic heterocycles. The minimum absolute atomic E-state index is 0.265. The maximum atomic E-state index is 12.1. The molecule has 3 unspecified atom stereocenters. The van der Waals surface area contributed by atoms with Crippen LogP contribution < -0.4 is 5.32 Å². The lowest BCUT2D eigenvalue weighted by Gasteiger charge is -2.24. The monoisotopic (exact) mass is 241 g/mol. The first-order valence-corrected chi connectivity index (χ1v) is 5.84. The van der Waals surface area contributed by atoms with Crippen molar-refractivity contribution in [1.29, 1.82) is 0 Å². The van der Waals surface area contributed by atoms with Crippen LogP contribution in [0.25, 0.3) is 0 Å². The van der Waals surface area contributed by atoms with Gasteiger partial charge >= 0.3 is 11.9 Å². The Labute approximate surface area is 101 Å². The van der Waals surface area contributed by atoms with Gasteiger partial charge in [-0.25, -0.2) is 0 Å². The minimum Gasteiger partial charge on any atom is -0.480 e. The number of nitrogens with one attached hydrogen (secondary N) is 1. The largest absolute Gasteiger partial charge is 0.480 e. The molecule has 1 heterocycles. The van der Waals surface area contributed by atoms with Gasteiger partial charge in [0.2, 0.25) is 0 Å². The molecule has 5 nitrogen and oxygen atoms in total. The first-order valence-electron chi connectivity index (χ1n) is 5.84. The Bertz CT molecular complexity index is 386. The van der Waals surface area contributed by atoms with E-state index in [0.717, 1.165) is 0 Å². The number of carbonyl (C=O) groups is 2. The summed E-state index contributed by atoms with van der Waals surface area (Å²) in [5.74, 6) is -1.22. The standard InChI is InChI=1S/C12H19NO4/c1-10(2,3)17-9(16)12-6-11(12,4)5-7(13-12)8(14)15/h7,13H,5-6H2,1-4H3,(H,14,15). The molecule has 0 bridgehead atoms. The highest BCUT2D eigenvalue weighted by molar-refractivity contribution is 5.90. The molecule has 2 fully saturated rings. The van der Waals surface area contributed by atoms with Crippen LogP contribution in [0, 0.1) is 5.41 Å². The lowest BCUT2D eigenvalue weighted by Crippen LogP contribution is -2.47. The van der Waals surface area contributed by atoms with E-state index in [-0.39, 0.29) is 11.4 Å². The first-order chi connectivity index (χ1) is 7.60. The van der Waals surface area contributed by atoms with Gasteiger partial charge in [0, 0.05) is 5.41 Å². The fourth-order valence-electron chi connectivity index (χ4n) is 2.70. The molecule has 0 radical (unpaired) electrons. The molecular formula is C12H19NO4. The van der Waals surface area contributed by atoms with Crippen LogP contribution in [0.5, 0.6) is 0 Å². The lowest BCUT2D eigenvalue weighted by molar-refractivity contribution is -0.159. The zero-order valence-corrected chi connectivity index (χ0v) is 10.7. The number of piperidine rings is 1. The summed E-state index contributed by atoms with van der Waals surface area (Å²) in [7, 11) is 0. The van der Waals surface area contributed by atoms with E-state index in [9.17, 15) is 9.59 Å². The van der Waals surface area contributed by atoms with Gasteiger partial charge in [0.05, 0.1) is 0 Å². The fraction of sp³-hybridized carbons (Fsp3) is 0.833. The molecule has 96 valence electrons. The summed E-state index contributed by atoms with van der Waals surface area (Å²) < 4.78 is 5.37. The smallest absolute Gasteiger partial charge is 0.327 e. The van der Waals surface area contributed by atoms with Crippen molar-refractivity contribution < 1.29 is 19.4 Å². The Morgan fingerprint density at radius 1 is 1.41 bits per heavy atom. The maximum absolute atomic E-state index is 12.1. The quantitative estimate of drug-likeness (QED) is 0.703. The molecule has 2 N–H and O–H groups in total. The summed E-state index contributed by atoms with van der Waals surface area (Å²) in [6.45, 7) is 7.37. The fourth-order valence-corrected chi connectivity index (χ4v) is 2.70. The zero-order chi connectivity index (χ0) is 13.1. The van der Waals surface area contributed by atoms with Crippen molar-refractivity contribution >= 4 is 11.9 Å². The van der Waals surface area contributed by atoms with Gasteiger partial charge in [-0.15, -0.1) is 0 Å². The number of rotatable bonds is 2. The van der Waals surface area contributed by atoms with Crippen LogP contribution in [0.15, 0.2) is 0 Å². The van der Waals surface area contributed by atoms with Crippen LogP contribution in [0.1, 0.15) is 40.5 Å². The van der Waals surface area contributed by atoms with Crippen molar-refractivity contribution in [3.63, 3.8) is 0 Å². The van der Waals surface area contributed by atoms with E-state index < -0.39 is 23.2 Å². The summed E-state index contributed by atoms with van der Waals surface area (Å²) in [5.41, 5.74) is -1.58. The number of hydrogen-bond acceptors (Lipinski definition) is 4. The number of ether oxygens (including phenoxy) is 1. The summed E-state index contributed by atoms with van der Waals surface area (Å²) in [4.78, 5) is 23.1. The molecule has 0 amide bonds. The highest BCUT2D eigenvalue weighted by Gasteiger charge is 2.75. The molecule has 17 heavy (non-hydrogen) atoms. The third kappa shape index (κ3) is 1.82. The van der Waals surface area contributed by atoms with E-state index in [0.29, 0.717) is 12.8 Å². The topological polar surface area (TPSA) is 75.6 Å². The van der Waals surface area contributed by atoms with Gasteiger partial charge in [0.1, 0.15) is 17.2 Å². The Balaban J connectivity index is 2.12. The van der Waals surface area contributed by atoms with E-state index in [1.54, 1.807) is 0 Å². The van der Waals surface area contributed by atoms with Crippen molar-refractivity contribution in [3.05, 3.63) is 0 Å². The average Bonchev–Trinajstić information content (AvgIpc) is 2.58. The average molecular weight is 241 g/mol. The van der Waals surface area contributed by atoms with Crippen LogP contribution in [0.3, 0.4) is 0 Å². The molecule has 1 aliphatic carbocycles. The van der Waals surface area contributed by atoms with E-state index in [1.165, 1.54) is 0 Å². The molecule has 0 aromatic carbocycles. The Kier molecular flexibility index (Phi) is 2.34. The summed E-state index contributed by atoms with van der Waals surface area (Å²) in [6, 6.07) is -0.638. The Morgan fingerprint density at radius 2 is 2.00 bits per heavy atom. The number of hydrogen-bond donors (Lipinski definition) is 2.